The maximum absolute atomic E-state index is 4.46. The van der Waals surface area contributed by atoms with Crippen molar-refractivity contribution in [2.24, 2.45) is 0 Å². The minimum absolute atomic E-state index is 1.18. The zero-order valence-electron chi connectivity index (χ0n) is 7.89. The van der Waals surface area contributed by atoms with Crippen molar-refractivity contribution in [2.45, 2.75) is 32.9 Å². The Kier molecular flexibility index (Phi) is 4.09. The van der Waals surface area contributed by atoms with E-state index >= 15 is 0 Å². The summed E-state index contributed by atoms with van der Waals surface area (Å²) in [5.41, 5.74) is 1.36. The zero-order chi connectivity index (χ0) is 8.97. The van der Waals surface area contributed by atoms with E-state index in [1.165, 1.54) is 33.5 Å². The Labute approximate surface area is 82.6 Å². The molecule has 1 aromatic heterocycles. The highest BCUT2D eigenvalue weighted by Gasteiger charge is 2.12. The summed E-state index contributed by atoms with van der Waals surface area (Å²) in [6.45, 7) is 6.09. The minimum atomic E-state index is 1.18. The second-order valence-electron chi connectivity index (χ2n) is 2.41. The number of thioether (sulfide) groups is 1. The fourth-order valence-electron chi connectivity index (χ4n) is 1.15. The standard InChI is InChI=1S/C7H9NS2.C2H6/c1-5-8-6-2-3-9-4-7(6)10-5;1-2/h2-4H2,1H3;1-2H3. The van der Waals surface area contributed by atoms with E-state index in [4.69, 9.17) is 0 Å². The van der Waals surface area contributed by atoms with Gasteiger partial charge in [0.1, 0.15) is 0 Å². The second-order valence-corrected chi connectivity index (χ2v) is 4.80. The first kappa shape index (κ1) is 10.1. The van der Waals surface area contributed by atoms with Crippen LogP contribution >= 0.6 is 23.1 Å². The molecule has 0 atom stereocenters. The molecule has 0 spiro atoms. The number of fused-ring (bicyclic) bond motifs is 1. The van der Waals surface area contributed by atoms with Crippen molar-refractivity contribution >= 4 is 23.1 Å². The molecule has 0 N–H and O–H groups in total. The normalized spacial score (nSPS) is 14.6. The second kappa shape index (κ2) is 4.87. The number of aromatic nitrogens is 1. The molecule has 0 bridgehead atoms. The fourth-order valence-corrected chi connectivity index (χ4v) is 3.25. The Balaban J connectivity index is 0.000000336. The lowest BCUT2D eigenvalue weighted by Crippen LogP contribution is -1.98. The van der Waals surface area contributed by atoms with Crippen LogP contribution in [-0.2, 0) is 12.2 Å². The van der Waals surface area contributed by atoms with E-state index in [1.807, 2.05) is 36.9 Å². The van der Waals surface area contributed by atoms with Gasteiger partial charge in [-0.1, -0.05) is 13.8 Å². The Morgan fingerprint density at radius 2 is 2.08 bits per heavy atom. The molecule has 68 valence electrons. The number of thiazole rings is 1. The van der Waals surface area contributed by atoms with Crippen LogP contribution in [0.5, 0.6) is 0 Å². The highest BCUT2D eigenvalue weighted by molar-refractivity contribution is 7.98. The van der Waals surface area contributed by atoms with Gasteiger partial charge in [-0.3, -0.25) is 0 Å². The van der Waals surface area contributed by atoms with Crippen molar-refractivity contribution in [1.82, 2.24) is 4.98 Å². The molecule has 0 fully saturated rings. The van der Waals surface area contributed by atoms with Gasteiger partial charge < -0.3 is 0 Å². The molecular weight excluding hydrogens is 186 g/mol. The van der Waals surface area contributed by atoms with Crippen LogP contribution in [0.3, 0.4) is 0 Å². The monoisotopic (exact) mass is 201 g/mol. The van der Waals surface area contributed by atoms with Crippen molar-refractivity contribution in [3.05, 3.63) is 15.6 Å². The van der Waals surface area contributed by atoms with Gasteiger partial charge in [-0.2, -0.15) is 11.8 Å². The van der Waals surface area contributed by atoms with E-state index in [1.54, 1.807) is 0 Å². The molecule has 0 radical (unpaired) electrons. The van der Waals surface area contributed by atoms with E-state index in [2.05, 4.69) is 11.9 Å². The molecule has 1 aliphatic rings. The number of nitrogens with zero attached hydrogens (tertiary/aromatic N) is 1. The molecule has 0 amide bonds. The third-order valence-corrected chi connectivity index (χ3v) is 3.78. The maximum atomic E-state index is 4.46. The molecule has 12 heavy (non-hydrogen) atoms. The predicted octanol–water partition coefficient (Wildman–Crippen LogP) is 3.27. The van der Waals surface area contributed by atoms with Crippen LogP contribution in [0.4, 0.5) is 0 Å². The first-order valence-electron chi connectivity index (χ1n) is 4.39. The lowest BCUT2D eigenvalue weighted by atomic mass is 10.3. The quantitative estimate of drug-likeness (QED) is 0.639. The van der Waals surface area contributed by atoms with Crippen LogP contribution in [0.1, 0.15) is 29.4 Å². The van der Waals surface area contributed by atoms with Gasteiger partial charge in [-0.15, -0.1) is 11.3 Å². The van der Waals surface area contributed by atoms with Gasteiger partial charge in [-0.05, 0) is 19.1 Å². The summed E-state index contributed by atoms with van der Waals surface area (Å²) >= 11 is 3.88. The van der Waals surface area contributed by atoms with Crippen molar-refractivity contribution < 1.29 is 0 Å². The van der Waals surface area contributed by atoms with Crippen LogP contribution in [-0.4, -0.2) is 10.7 Å². The van der Waals surface area contributed by atoms with Crippen LogP contribution in [0.2, 0.25) is 0 Å². The summed E-state index contributed by atoms with van der Waals surface area (Å²) < 4.78 is 0. The maximum Gasteiger partial charge on any atom is 0.0900 e. The summed E-state index contributed by atoms with van der Waals surface area (Å²) in [6, 6.07) is 0. The average molecular weight is 201 g/mol. The molecule has 2 heterocycles. The molecule has 0 unspecified atom stereocenters. The van der Waals surface area contributed by atoms with Crippen LogP contribution < -0.4 is 0 Å². The van der Waals surface area contributed by atoms with Crippen molar-refractivity contribution in [1.29, 1.82) is 0 Å². The molecule has 0 saturated carbocycles. The molecule has 1 aromatic rings. The molecule has 2 rings (SSSR count). The van der Waals surface area contributed by atoms with Gasteiger partial charge in [0.25, 0.3) is 0 Å². The lowest BCUT2D eigenvalue weighted by molar-refractivity contribution is 1.02. The summed E-state index contributed by atoms with van der Waals surface area (Å²) in [5, 5.41) is 1.23. The third kappa shape index (κ3) is 2.23. The SMILES string of the molecule is CC.Cc1nc2c(s1)CSCC2. The smallest absolute Gasteiger partial charge is 0.0900 e. The van der Waals surface area contributed by atoms with Gasteiger partial charge in [0, 0.05) is 10.6 Å². The highest BCUT2D eigenvalue weighted by atomic mass is 32.2. The van der Waals surface area contributed by atoms with Gasteiger partial charge in [-0.25, -0.2) is 4.98 Å². The zero-order valence-corrected chi connectivity index (χ0v) is 9.52. The first-order chi connectivity index (χ1) is 5.86. The number of rotatable bonds is 0. The van der Waals surface area contributed by atoms with E-state index in [9.17, 15) is 0 Å². The minimum Gasteiger partial charge on any atom is -0.246 e. The highest BCUT2D eigenvalue weighted by Crippen LogP contribution is 2.28. The number of aryl methyl sites for hydroxylation is 2. The molecule has 0 aromatic carbocycles. The number of hydrogen-bond acceptors (Lipinski definition) is 3. The van der Waals surface area contributed by atoms with Crippen LogP contribution in [0, 0.1) is 6.92 Å². The van der Waals surface area contributed by atoms with Gasteiger partial charge >= 0.3 is 0 Å². The van der Waals surface area contributed by atoms with Gasteiger partial charge in [0.2, 0.25) is 0 Å². The summed E-state index contributed by atoms with van der Waals surface area (Å²) in [7, 11) is 0. The fraction of sp³-hybridized carbons (Fsp3) is 0.667. The molecule has 3 heteroatoms. The van der Waals surface area contributed by atoms with Crippen LogP contribution in [0.25, 0.3) is 0 Å². The Morgan fingerprint density at radius 3 is 2.75 bits per heavy atom. The summed E-state index contributed by atoms with van der Waals surface area (Å²) in [6.07, 6.45) is 1.18. The van der Waals surface area contributed by atoms with Gasteiger partial charge in [0.15, 0.2) is 0 Å². The molecule has 0 aliphatic carbocycles. The van der Waals surface area contributed by atoms with E-state index < -0.39 is 0 Å². The predicted molar refractivity (Wildman–Crippen MR) is 58.1 cm³/mol. The average Bonchev–Trinajstić information content (AvgIpc) is 2.48. The van der Waals surface area contributed by atoms with E-state index in [0.29, 0.717) is 0 Å². The summed E-state index contributed by atoms with van der Waals surface area (Å²) in [5.74, 6) is 2.46. The van der Waals surface area contributed by atoms with E-state index in [-0.39, 0.29) is 0 Å². The number of hydrogen-bond donors (Lipinski definition) is 0. The Bertz CT molecular complexity index is 219. The molecule has 1 nitrogen and oxygen atoms in total. The largest absolute Gasteiger partial charge is 0.246 e. The topological polar surface area (TPSA) is 12.9 Å². The summed E-state index contributed by atoms with van der Waals surface area (Å²) in [4.78, 5) is 5.96. The van der Waals surface area contributed by atoms with Crippen molar-refractivity contribution in [3.63, 3.8) is 0 Å². The van der Waals surface area contributed by atoms with Gasteiger partial charge in [0.05, 0.1) is 10.7 Å². The Morgan fingerprint density at radius 1 is 1.33 bits per heavy atom. The van der Waals surface area contributed by atoms with Crippen molar-refractivity contribution in [3.8, 4) is 0 Å². The molecule has 1 aliphatic heterocycles. The van der Waals surface area contributed by atoms with Crippen LogP contribution in [0.15, 0.2) is 0 Å². The third-order valence-electron chi connectivity index (χ3n) is 1.60. The van der Waals surface area contributed by atoms with Crippen molar-refractivity contribution in [2.75, 3.05) is 5.75 Å². The first-order valence-corrected chi connectivity index (χ1v) is 6.36. The Hall–Kier alpha value is -0.0200. The molecular formula is C9H15NS2. The molecule has 0 saturated heterocycles. The van der Waals surface area contributed by atoms with E-state index in [0.717, 1.165) is 0 Å². The lowest BCUT2D eigenvalue weighted by Gasteiger charge is -2.06.